The molecule has 0 aliphatic rings. The zero-order valence-corrected chi connectivity index (χ0v) is 12.6. The molecule has 0 aromatic heterocycles. The minimum atomic E-state index is -0.316. The highest BCUT2D eigenvalue weighted by atomic mass is 35.5. The standard InChI is InChI=1S/C14H22ClNO3/c1-9(7-10(2)17)16-8-11-5-6-12(18-3)14(19-4)13(11)15/h5-6,9-10,16-17H,7-8H2,1-4H3. The minimum absolute atomic E-state index is 0.212. The molecule has 2 unspecified atom stereocenters. The third kappa shape index (κ3) is 4.56. The van der Waals surface area contributed by atoms with Crippen molar-refractivity contribution < 1.29 is 14.6 Å². The SMILES string of the molecule is COc1ccc(CNC(C)CC(C)O)c(Cl)c1OC. The fourth-order valence-electron chi connectivity index (χ4n) is 1.95. The third-order valence-electron chi connectivity index (χ3n) is 2.90. The predicted octanol–water partition coefficient (Wildman–Crippen LogP) is 2.61. The predicted molar refractivity (Wildman–Crippen MR) is 77.2 cm³/mol. The summed E-state index contributed by atoms with van der Waals surface area (Å²) >= 11 is 6.29. The van der Waals surface area contributed by atoms with E-state index in [1.807, 2.05) is 19.1 Å². The molecule has 0 heterocycles. The lowest BCUT2D eigenvalue weighted by atomic mass is 10.1. The van der Waals surface area contributed by atoms with E-state index in [0.717, 1.165) is 5.56 Å². The van der Waals surface area contributed by atoms with Crippen molar-refractivity contribution in [3.63, 3.8) is 0 Å². The lowest BCUT2D eigenvalue weighted by Gasteiger charge is -2.17. The van der Waals surface area contributed by atoms with Crippen LogP contribution in [0.2, 0.25) is 5.02 Å². The first-order valence-corrected chi connectivity index (χ1v) is 6.68. The molecular formula is C14H22ClNO3. The van der Waals surface area contributed by atoms with Crippen molar-refractivity contribution in [3.8, 4) is 11.5 Å². The molecule has 0 spiro atoms. The summed E-state index contributed by atoms with van der Waals surface area (Å²) in [5, 5.41) is 13.2. The number of hydrogen-bond donors (Lipinski definition) is 2. The number of methoxy groups -OCH3 is 2. The quantitative estimate of drug-likeness (QED) is 0.809. The number of aliphatic hydroxyl groups is 1. The topological polar surface area (TPSA) is 50.7 Å². The van der Waals surface area contributed by atoms with Crippen LogP contribution < -0.4 is 14.8 Å². The molecule has 1 rings (SSSR count). The molecule has 2 atom stereocenters. The molecule has 0 bridgehead atoms. The molecule has 1 aromatic carbocycles. The van der Waals surface area contributed by atoms with E-state index >= 15 is 0 Å². The Hall–Kier alpha value is -0.970. The van der Waals surface area contributed by atoms with Crippen LogP contribution in [0.3, 0.4) is 0 Å². The van der Waals surface area contributed by atoms with Crippen LogP contribution in [-0.2, 0) is 6.54 Å². The van der Waals surface area contributed by atoms with E-state index in [2.05, 4.69) is 5.32 Å². The lowest BCUT2D eigenvalue weighted by molar-refractivity contribution is 0.170. The molecule has 1 aromatic rings. The zero-order valence-electron chi connectivity index (χ0n) is 11.9. The van der Waals surface area contributed by atoms with Crippen molar-refractivity contribution in [1.29, 1.82) is 0 Å². The lowest BCUT2D eigenvalue weighted by Crippen LogP contribution is -2.28. The van der Waals surface area contributed by atoms with Gasteiger partial charge in [0.15, 0.2) is 11.5 Å². The van der Waals surface area contributed by atoms with Crippen LogP contribution in [0, 0.1) is 0 Å². The molecule has 5 heteroatoms. The van der Waals surface area contributed by atoms with Gasteiger partial charge in [0.25, 0.3) is 0 Å². The number of nitrogens with one attached hydrogen (secondary N) is 1. The molecule has 2 N–H and O–H groups in total. The Labute approximate surface area is 119 Å². The summed E-state index contributed by atoms with van der Waals surface area (Å²) in [4.78, 5) is 0. The molecule has 19 heavy (non-hydrogen) atoms. The van der Waals surface area contributed by atoms with Crippen molar-refractivity contribution in [1.82, 2.24) is 5.32 Å². The second-order valence-corrected chi connectivity index (χ2v) is 5.02. The molecule has 0 saturated carbocycles. The van der Waals surface area contributed by atoms with Gasteiger partial charge in [-0.25, -0.2) is 0 Å². The molecule has 108 valence electrons. The number of rotatable bonds is 7. The van der Waals surface area contributed by atoms with E-state index in [9.17, 15) is 5.11 Å². The summed E-state index contributed by atoms with van der Waals surface area (Å²) in [6.45, 7) is 4.43. The smallest absolute Gasteiger partial charge is 0.179 e. The van der Waals surface area contributed by atoms with Crippen molar-refractivity contribution in [2.75, 3.05) is 14.2 Å². The van der Waals surface area contributed by atoms with Gasteiger partial charge in [0, 0.05) is 12.6 Å². The van der Waals surface area contributed by atoms with Gasteiger partial charge in [-0.15, -0.1) is 0 Å². The van der Waals surface area contributed by atoms with Gasteiger partial charge in [0.05, 0.1) is 25.3 Å². The average molecular weight is 288 g/mol. The maximum Gasteiger partial charge on any atom is 0.179 e. The molecular weight excluding hydrogens is 266 g/mol. The Morgan fingerprint density at radius 1 is 1.26 bits per heavy atom. The number of ether oxygens (including phenoxy) is 2. The summed E-state index contributed by atoms with van der Waals surface area (Å²) in [5.74, 6) is 1.17. The summed E-state index contributed by atoms with van der Waals surface area (Å²) in [6.07, 6.45) is 0.383. The molecule has 0 radical (unpaired) electrons. The van der Waals surface area contributed by atoms with Crippen LogP contribution in [-0.4, -0.2) is 31.5 Å². The number of benzene rings is 1. The van der Waals surface area contributed by atoms with E-state index in [1.165, 1.54) is 0 Å². The van der Waals surface area contributed by atoms with Crippen LogP contribution in [0.25, 0.3) is 0 Å². The first-order chi connectivity index (χ1) is 8.99. The molecule has 0 fully saturated rings. The van der Waals surface area contributed by atoms with Crippen LogP contribution in [0.1, 0.15) is 25.8 Å². The van der Waals surface area contributed by atoms with E-state index in [0.29, 0.717) is 29.5 Å². The highest BCUT2D eigenvalue weighted by Crippen LogP contribution is 2.37. The maximum atomic E-state index is 9.32. The van der Waals surface area contributed by atoms with E-state index in [1.54, 1.807) is 21.1 Å². The van der Waals surface area contributed by atoms with Gasteiger partial charge in [-0.1, -0.05) is 17.7 Å². The van der Waals surface area contributed by atoms with Gasteiger partial charge in [0.2, 0.25) is 0 Å². The maximum absolute atomic E-state index is 9.32. The van der Waals surface area contributed by atoms with Crippen molar-refractivity contribution >= 4 is 11.6 Å². The monoisotopic (exact) mass is 287 g/mol. The first kappa shape index (κ1) is 16.1. The zero-order chi connectivity index (χ0) is 14.4. The number of aliphatic hydroxyl groups excluding tert-OH is 1. The Kier molecular flexibility index (Phi) is 6.42. The van der Waals surface area contributed by atoms with E-state index in [-0.39, 0.29) is 12.1 Å². The largest absolute Gasteiger partial charge is 0.493 e. The summed E-state index contributed by atoms with van der Waals surface area (Å²) in [7, 11) is 3.15. The van der Waals surface area contributed by atoms with Gasteiger partial charge in [0.1, 0.15) is 0 Å². The molecule has 0 amide bonds. The Morgan fingerprint density at radius 2 is 1.95 bits per heavy atom. The van der Waals surface area contributed by atoms with Crippen LogP contribution in [0.5, 0.6) is 11.5 Å². The van der Waals surface area contributed by atoms with Crippen molar-refractivity contribution in [3.05, 3.63) is 22.7 Å². The van der Waals surface area contributed by atoms with Gasteiger partial charge in [-0.2, -0.15) is 0 Å². The third-order valence-corrected chi connectivity index (χ3v) is 3.32. The number of halogens is 1. The summed E-state index contributed by atoms with van der Waals surface area (Å²) in [6, 6.07) is 3.96. The minimum Gasteiger partial charge on any atom is -0.493 e. The molecule has 0 saturated heterocycles. The fourth-order valence-corrected chi connectivity index (χ4v) is 2.25. The van der Waals surface area contributed by atoms with Crippen molar-refractivity contribution in [2.45, 2.75) is 39.0 Å². The van der Waals surface area contributed by atoms with Crippen molar-refractivity contribution in [2.24, 2.45) is 0 Å². The van der Waals surface area contributed by atoms with Crippen LogP contribution in [0.4, 0.5) is 0 Å². The average Bonchev–Trinajstić information content (AvgIpc) is 2.36. The van der Waals surface area contributed by atoms with Gasteiger partial charge in [-0.3, -0.25) is 0 Å². The highest BCUT2D eigenvalue weighted by molar-refractivity contribution is 6.33. The Morgan fingerprint density at radius 3 is 2.47 bits per heavy atom. The van der Waals surface area contributed by atoms with Gasteiger partial charge >= 0.3 is 0 Å². The second kappa shape index (κ2) is 7.58. The Bertz CT molecular complexity index is 410. The fraction of sp³-hybridized carbons (Fsp3) is 0.571. The Balaban J connectivity index is 2.74. The van der Waals surface area contributed by atoms with Gasteiger partial charge in [-0.05, 0) is 31.9 Å². The number of hydrogen-bond acceptors (Lipinski definition) is 4. The van der Waals surface area contributed by atoms with Gasteiger partial charge < -0.3 is 19.9 Å². The summed E-state index contributed by atoms with van der Waals surface area (Å²) < 4.78 is 10.4. The normalized spacial score (nSPS) is 14.0. The van der Waals surface area contributed by atoms with E-state index < -0.39 is 0 Å². The van der Waals surface area contributed by atoms with Crippen LogP contribution in [0.15, 0.2) is 12.1 Å². The molecule has 0 aliphatic carbocycles. The first-order valence-electron chi connectivity index (χ1n) is 6.30. The molecule has 0 aliphatic heterocycles. The molecule has 4 nitrogen and oxygen atoms in total. The van der Waals surface area contributed by atoms with Crippen LogP contribution >= 0.6 is 11.6 Å². The second-order valence-electron chi connectivity index (χ2n) is 4.64. The summed E-state index contributed by atoms with van der Waals surface area (Å²) in [5.41, 5.74) is 0.941. The highest BCUT2D eigenvalue weighted by Gasteiger charge is 2.13. The van der Waals surface area contributed by atoms with E-state index in [4.69, 9.17) is 21.1 Å².